The summed E-state index contributed by atoms with van der Waals surface area (Å²) in [6.07, 6.45) is 1.81. The molecule has 0 radical (unpaired) electrons. The minimum Gasteiger partial charge on any atom is -0.379 e. The van der Waals surface area contributed by atoms with E-state index >= 15 is 0 Å². The van der Waals surface area contributed by atoms with E-state index in [9.17, 15) is 4.79 Å². The van der Waals surface area contributed by atoms with Crippen molar-refractivity contribution >= 4 is 28.3 Å². The van der Waals surface area contributed by atoms with Crippen LogP contribution in [0.1, 0.15) is 30.0 Å². The van der Waals surface area contributed by atoms with Crippen molar-refractivity contribution in [1.82, 2.24) is 34.3 Å². The van der Waals surface area contributed by atoms with Crippen molar-refractivity contribution in [2.75, 3.05) is 77.5 Å². The summed E-state index contributed by atoms with van der Waals surface area (Å²) in [4.78, 5) is 27.6. The molecule has 5 rings (SSSR count). The summed E-state index contributed by atoms with van der Waals surface area (Å²) in [6.45, 7) is 12.7. The summed E-state index contributed by atoms with van der Waals surface area (Å²) in [5, 5.41) is 10.2. The fraction of sp³-hybridized carbons (Fsp3) is 0.583. The number of hydrogen-bond acceptors (Lipinski definition) is 8. The Morgan fingerprint density at radius 1 is 1.03 bits per heavy atom. The molecule has 3 aromatic rings. The van der Waals surface area contributed by atoms with E-state index in [1.165, 1.54) is 0 Å². The number of piperazine rings is 1. The first-order valence-corrected chi connectivity index (χ1v) is 12.3. The molecule has 10 nitrogen and oxygen atoms in total. The molecule has 0 atom stereocenters. The number of pyridine rings is 2. The predicted molar refractivity (Wildman–Crippen MR) is 131 cm³/mol. The highest BCUT2D eigenvalue weighted by molar-refractivity contribution is 6.12. The van der Waals surface area contributed by atoms with E-state index in [1.54, 1.807) is 6.20 Å². The first-order valence-electron chi connectivity index (χ1n) is 12.3. The van der Waals surface area contributed by atoms with E-state index in [-0.39, 0.29) is 5.91 Å². The lowest BCUT2D eigenvalue weighted by molar-refractivity contribution is 0.0329. The van der Waals surface area contributed by atoms with Crippen LogP contribution in [0.4, 0.5) is 5.69 Å². The highest BCUT2D eigenvalue weighted by atomic mass is 16.5. The SMILES string of the molecule is CCN(CC)C(=O)c1c(N2CCN(C)CC2)c2cccnc2n2c(CN3CCOCC3)nnc12. The van der Waals surface area contributed by atoms with Crippen LogP contribution < -0.4 is 4.90 Å². The number of hydrogen-bond donors (Lipinski definition) is 0. The Morgan fingerprint density at radius 3 is 2.47 bits per heavy atom. The molecule has 0 N–H and O–H groups in total. The van der Waals surface area contributed by atoms with Crippen molar-refractivity contribution in [2.45, 2.75) is 20.4 Å². The van der Waals surface area contributed by atoms with Crippen LogP contribution in [0.25, 0.3) is 16.7 Å². The molecule has 3 aromatic heterocycles. The van der Waals surface area contributed by atoms with Gasteiger partial charge in [0, 0.05) is 63.9 Å². The van der Waals surface area contributed by atoms with Gasteiger partial charge in [0.25, 0.3) is 5.91 Å². The molecule has 5 heterocycles. The number of likely N-dealkylation sites (N-methyl/N-ethyl adjacent to an activating group) is 1. The summed E-state index contributed by atoms with van der Waals surface area (Å²) < 4.78 is 7.51. The van der Waals surface area contributed by atoms with Gasteiger partial charge in [0.2, 0.25) is 0 Å². The fourth-order valence-electron chi connectivity index (χ4n) is 4.99. The second-order valence-electron chi connectivity index (χ2n) is 9.03. The quantitative estimate of drug-likeness (QED) is 0.538. The van der Waals surface area contributed by atoms with Gasteiger partial charge in [-0.25, -0.2) is 4.98 Å². The number of morpholine rings is 1. The standard InChI is InChI=1S/C24H34N8O2/c1-4-30(5-2)24(33)20-21(31-11-9-28(3)10-12-31)18-7-6-8-25-22(18)32-19(26-27-23(20)32)17-29-13-15-34-16-14-29/h6-8H,4-5,9-17H2,1-3H3. The maximum atomic E-state index is 14.0. The van der Waals surface area contributed by atoms with Crippen LogP contribution in [-0.2, 0) is 11.3 Å². The highest BCUT2D eigenvalue weighted by Crippen LogP contribution is 2.35. The van der Waals surface area contributed by atoms with Gasteiger partial charge in [-0.1, -0.05) is 0 Å². The van der Waals surface area contributed by atoms with Crippen LogP contribution in [0.15, 0.2) is 18.3 Å². The van der Waals surface area contributed by atoms with Crippen molar-refractivity contribution in [3.05, 3.63) is 29.7 Å². The van der Waals surface area contributed by atoms with Gasteiger partial charge in [-0.2, -0.15) is 0 Å². The molecule has 0 spiro atoms. The Hall–Kier alpha value is -2.82. The molecule has 2 saturated heterocycles. The monoisotopic (exact) mass is 466 g/mol. The molecular weight excluding hydrogens is 432 g/mol. The Kier molecular flexibility index (Phi) is 6.62. The highest BCUT2D eigenvalue weighted by Gasteiger charge is 2.31. The molecule has 34 heavy (non-hydrogen) atoms. The molecule has 10 heteroatoms. The third kappa shape index (κ3) is 4.10. The number of ether oxygens (including phenoxy) is 1. The largest absolute Gasteiger partial charge is 0.379 e. The van der Waals surface area contributed by atoms with Crippen LogP contribution in [0.2, 0.25) is 0 Å². The summed E-state index contributed by atoms with van der Waals surface area (Å²) >= 11 is 0. The van der Waals surface area contributed by atoms with Gasteiger partial charge < -0.3 is 19.4 Å². The van der Waals surface area contributed by atoms with Crippen molar-refractivity contribution in [3.8, 4) is 0 Å². The number of fused-ring (bicyclic) bond motifs is 3. The Morgan fingerprint density at radius 2 is 1.76 bits per heavy atom. The number of carbonyl (C=O) groups excluding carboxylic acids is 1. The number of anilines is 1. The van der Waals surface area contributed by atoms with E-state index in [0.717, 1.165) is 75.0 Å². The average Bonchev–Trinajstić information content (AvgIpc) is 3.28. The first-order chi connectivity index (χ1) is 16.6. The number of rotatable bonds is 6. The number of carbonyl (C=O) groups is 1. The molecule has 2 aliphatic rings. The molecule has 1 amide bonds. The summed E-state index contributed by atoms with van der Waals surface area (Å²) in [6, 6.07) is 4.03. The Balaban J connectivity index is 1.73. The van der Waals surface area contributed by atoms with Crippen LogP contribution in [-0.4, -0.2) is 113 Å². The minimum absolute atomic E-state index is 0.00000336. The number of amides is 1. The lowest BCUT2D eigenvalue weighted by atomic mass is 10.1. The molecule has 0 bridgehead atoms. The zero-order chi connectivity index (χ0) is 23.7. The van der Waals surface area contributed by atoms with Crippen LogP contribution in [0, 0.1) is 0 Å². The lowest BCUT2D eigenvalue weighted by Gasteiger charge is -2.36. The molecule has 2 fully saturated rings. The van der Waals surface area contributed by atoms with Crippen molar-refractivity contribution in [2.24, 2.45) is 0 Å². The average molecular weight is 467 g/mol. The third-order valence-electron chi connectivity index (χ3n) is 7.00. The molecule has 0 unspecified atom stereocenters. The minimum atomic E-state index is 0.00000336. The number of nitrogens with zero attached hydrogens (tertiary/aromatic N) is 8. The maximum absolute atomic E-state index is 14.0. The second kappa shape index (κ2) is 9.81. The van der Waals surface area contributed by atoms with E-state index in [1.807, 2.05) is 29.2 Å². The van der Waals surface area contributed by atoms with Gasteiger partial charge in [-0.05, 0) is 33.0 Å². The molecule has 2 aliphatic heterocycles. The van der Waals surface area contributed by atoms with Crippen LogP contribution in [0.5, 0.6) is 0 Å². The molecule has 0 aromatic carbocycles. The lowest BCUT2D eigenvalue weighted by Crippen LogP contribution is -2.45. The van der Waals surface area contributed by atoms with Gasteiger partial charge in [-0.3, -0.25) is 14.1 Å². The second-order valence-corrected chi connectivity index (χ2v) is 9.03. The van der Waals surface area contributed by atoms with E-state index in [2.05, 4.69) is 38.0 Å². The van der Waals surface area contributed by atoms with Gasteiger partial charge in [0.05, 0.1) is 25.4 Å². The Bertz CT molecular complexity index is 1160. The number of aromatic nitrogens is 4. The van der Waals surface area contributed by atoms with Gasteiger partial charge in [0.15, 0.2) is 11.5 Å². The van der Waals surface area contributed by atoms with Gasteiger partial charge in [-0.15, -0.1) is 10.2 Å². The summed E-state index contributed by atoms with van der Waals surface area (Å²) in [7, 11) is 2.14. The fourth-order valence-corrected chi connectivity index (χ4v) is 4.99. The van der Waals surface area contributed by atoms with Crippen LogP contribution >= 0.6 is 0 Å². The van der Waals surface area contributed by atoms with E-state index < -0.39 is 0 Å². The molecule has 0 saturated carbocycles. The Labute approximate surface area is 200 Å². The maximum Gasteiger partial charge on any atom is 0.259 e. The normalized spacial score (nSPS) is 18.1. The smallest absolute Gasteiger partial charge is 0.259 e. The molecule has 182 valence electrons. The van der Waals surface area contributed by atoms with E-state index in [0.29, 0.717) is 30.8 Å². The summed E-state index contributed by atoms with van der Waals surface area (Å²) in [5.41, 5.74) is 2.97. The molecule has 0 aliphatic carbocycles. The third-order valence-corrected chi connectivity index (χ3v) is 7.00. The topological polar surface area (TPSA) is 82.3 Å². The van der Waals surface area contributed by atoms with Crippen LogP contribution in [0.3, 0.4) is 0 Å². The first kappa shape index (κ1) is 22.9. The van der Waals surface area contributed by atoms with Crippen molar-refractivity contribution in [3.63, 3.8) is 0 Å². The summed E-state index contributed by atoms with van der Waals surface area (Å²) in [5.74, 6) is 0.805. The predicted octanol–water partition coefficient (Wildman–Crippen LogP) is 1.34. The van der Waals surface area contributed by atoms with Crippen molar-refractivity contribution < 1.29 is 9.53 Å². The van der Waals surface area contributed by atoms with E-state index in [4.69, 9.17) is 9.72 Å². The van der Waals surface area contributed by atoms with Gasteiger partial charge >= 0.3 is 0 Å². The zero-order valence-electron chi connectivity index (χ0n) is 20.4. The molecular formula is C24H34N8O2. The van der Waals surface area contributed by atoms with Gasteiger partial charge in [0.1, 0.15) is 11.2 Å². The van der Waals surface area contributed by atoms with Crippen molar-refractivity contribution in [1.29, 1.82) is 0 Å². The zero-order valence-corrected chi connectivity index (χ0v) is 20.4.